The quantitative estimate of drug-likeness (QED) is 0.888. The Balaban J connectivity index is 1.41. The van der Waals surface area contributed by atoms with Crippen LogP contribution in [0.5, 0.6) is 5.75 Å². The summed E-state index contributed by atoms with van der Waals surface area (Å²) in [7, 11) is -3.36. The number of nitrogens with zero attached hydrogens (tertiary/aromatic N) is 2. The maximum atomic E-state index is 12.6. The number of piperazine rings is 1. The molecular formula is C18H22N2O3S2. The van der Waals surface area contributed by atoms with Crippen LogP contribution < -0.4 is 0 Å². The van der Waals surface area contributed by atoms with Crippen molar-refractivity contribution >= 4 is 21.4 Å². The van der Waals surface area contributed by atoms with Gasteiger partial charge in [-0.05, 0) is 47.9 Å². The second-order valence-electron chi connectivity index (χ2n) is 6.72. The number of hydrogen-bond acceptors (Lipinski definition) is 5. The lowest BCUT2D eigenvalue weighted by atomic mass is 10.0. The van der Waals surface area contributed by atoms with Gasteiger partial charge in [0.2, 0.25) is 0 Å². The topological polar surface area (TPSA) is 60.9 Å². The number of thiophene rings is 1. The molecule has 0 spiro atoms. The van der Waals surface area contributed by atoms with E-state index in [1.54, 1.807) is 21.8 Å². The van der Waals surface area contributed by atoms with Gasteiger partial charge in [-0.1, -0.05) is 12.1 Å². The first-order chi connectivity index (χ1) is 12.0. The molecule has 0 bridgehead atoms. The van der Waals surface area contributed by atoms with Crippen LogP contribution in [0.15, 0.2) is 33.9 Å². The van der Waals surface area contributed by atoms with E-state index < -0.39 is 10.0 Å². The van der Waals surface area contributed by atoms with E-state index in [-0.39, 0.29) is 0 Å². The van der Waals surface area contributed by atoms with Crippen LogP contribution in [0.25, 0.3) is 0 Å². The van der Waals surface area contributed by atoms with Gasteiger partial charge >= 0.3 is 0 Å². The molecule has 7 heteroatoms. The van der Waals surface area contributed by atoms with Crippen molar-refractivity contribution < 1.29 is 13.5 Å². The van der Waals surface area contributed by atoms with Gasteiger partial charge in [-0.2, -0.15) is 4.31 Å². The summed E-state index contributed by atoms with van der Waals surface area (Å²) in [6.45, 7) is 3.02. The Bertz CT molecular complexity index is 855. The van der Waals surface area contributed by atoms with E-state index in [9.17, 15) is 13.5 Å². The molecule has 1 aliphatic carbocycles. The van der Waals surface area contributed by atoms with E-state index in [0.717, 1.165) is 24.8 Å². The Morgan fingerprint density at radius 3 is 2.48 bits per heavy atom. The highest BCUT2D eigenvalue weighted by atomic mass is 32.2. The van der Waals surface area contributed by atoms with Gasteiger partial charge in [-0.25, -0.2) is 8.42 Å². The van der Waals surface area contributed by atoms with Crippen molar-refractivity contribution in [3.05, 3.63) is 46.3 Å². The molecule has 0 saturated carbocycles. The number of sulfonamides is 1. The molecule has 1 fully saturated rings. The molecule has 0 unspecified atom stereocenters. The third-order valence-corrected chi connectivity index (χ3v) is 8.38. The van der Waals surface area contributed by atoms with Gasteiger partial charge in [0, 0.05) is 38.3 Å². The number of rotatable bonds is 4. The Morgan fingerprint density at radius 2 is 1.80 bits per heavy atom. The van der Waals surface area contributed by atoms with Crippen LogP contribution in [0.4, 0.5) is 0 Å². The molecule has 0 amide bonds. The summed E-state index contributed by atoms with van der Waals surface area (Å²) in [5.41, 5.74) is 3.58. The van der Waals surface area contributed by atoms with Crippen LogP contribution in [-0.4, -0.2) is 48.9 Å². The fourth-order valence-electron chi connectivity index (χ4n) is 3.70. The highest BCUT2D eigenvalue weighted by molar-refractivity contribution is 7.91. The maximum absolute atomic E-state index is 12.6. The van der Waals surface area contributed by atoms with E-state index in [1.165, 1.54) is 22.5 Å². The molecular weight excluding hydrogens is 356 g/mol. The van der Waals surface area contributed by atoms with Gasteiger partial charge in [0.05, 0.1) is 0 Å². The molecule has 2 aliphatic rings. The SMILES string of the molecule is O=S(=O)(c1cccs1)N1CCN(Cc2cc3c(cc2O)CCC3)CC1. The fraction of sp³-hybridized carbons (Fsp3) is 0.444. The monoisotopic (exact) mass is 378 g/mol. The summed E-state index contributed by atoms with van der Waals surface area (Å²) in [5, 5.41) is 12.1. The van der Waals surface area contributed by atoms with Gasteiger partial charge in [-0.3, -0.25) is 4.90 Å². The first-order valence-corrected chi connectivity index (χ1v) is 11.0. The van der Waals surface area contributed by atoms with Crippen LogP contribution >= 0.6 is 11.3 Å². The molecule has 134 valence electrons. The Kier molecular flexibility index (Phi) is 4.58. The number of hydrogen-bond donors (Lipinski definition) is 1. The highest BCUT2D eigenvalue weighted by Gasteiger charge is 2.29. The van der Waals surface area contributed by atoms with E-state index in [0.29, 0.717) is 42.7 Å². The minimum Gasteiger partial charge on any atom is -0.508 e. The molecule has 1 saturated heterocycles. The van der Waals surface area contributed by atoms with Crippen LogP contribution in [0.2, 0.25) is 0 Å². The largest absolute Gasteiger partial charge is 0.508 e. The standard InChI is InChI=1S/C18H22N2O3S2/c21-17-12-15-4-1-3-14(15)11-16(17)13-19-6-8-20(9-7-19)25(22,23)18-5-2-10-24-18/h2,5,10-12,21H,1,3-4,6-9,13H2. The fourth-order valence-corrected chi connectivity index (χ4v) is 6.26. The average Bonchev–Trinajstić information content (AvgIpc) is 3.27. The first kappa shape index (κ1) is 17.0. The molecule has 0 atom stereocenters. The Hall–Kier alpha value is -1.41. The van der Waals surface area contributed by atoms with E-state index in [2.05, 4.69) is 11.0 Å². The van der Waals surface area contributed by atoms with Crippen molar-refractivity contribution in [3.8, 4) is 5.75 Å². The lowest BCUT2D eigenvalue weighted by molar-refractivity contribution is 0.180. The van der Waals surface area contributed by atoms with Crippen LogP contribution in [0.1, 0.15) is 23.1 Å². The molecule has 2 heterocycles. The zero-order valence-electron chi connectivity index (χ0n) is 14.0. The summed E-state index contributed by atoms with van der Waals surface area (Å²) >= 11 is 1.26. The maximum Gasteiger partial charge on any atom is 0.252 e. The second kappa shape index (κ2) is 6.72. The van der Waals surface area contributed by atoms with E-state index in [4.69, 9.17) is 0 Å². The molecule has 5 nitrogen and oxygen atoms in total. The van der Waals surface area contributed by atoms with Gasteiger partial charge in [0.25, 0.3) is 10.0 Å². The predicted octanol–water partition coefficient (Wildman–Crippen LogP) is 2.45. The van der Waals surface area contributed by atoms with Crippen LogP contribution in [-0.2, 0) is 29.4 Å². The van der Waals surface area contributed by atoms with Crippen molar-refractivity contribution in [3.63, 3.8) is 0 Å². The molecule has 2 aromatic rings. The normalized spacial score (nSPS) is 19.2. The molecule has 4 rings (SSSR count). The number of phenolic OH excluding ortho intramolecular Hbond substituents is 1. The zero-order valence-corrected chi connectivity index (χ0v) is 15.7. The van der Waals surface area contributed by atoms with E-state index in [1.807, 2.05) is 6.07 Å². The summed E-state index contributed by atoms with van der Waals surface area (Å²) in [6, 6.07) is 7.47. The van der Waals surface area contributed by atoms with Gasteiger partial charge in [-0.15, -0.1) is 11.3 Å². The van der Waals surface area contributed by atoms with Crippen LogP contribution in [0.3, 0.4) is 0 Å². The number of fused-ring (bicyclic) bond motifs is 1. The summed E-state index contributed by atoms with van der Waals surface area (Å²) in [5.74, 6) is 0.370. The Labute approximate surface area is 152 Å². The highest BCUT2D eigenvalue weighted by Crippen LogP contribution is 2.30. The third-order valence-electron chi connectivity index (χ3n) is 5.11. The van der Waals surface area contributed by atoms with Gasteiger partial charge < -0.3 is 5.11 Å². The molecule has 1 aromatic carbocycles. The van der Waals surface area contributed by atoms with Crippen molar-refractivity contribution in [1.82, 2.24) is 9.21 Å². The van der Waals surface area contributed by atoms with Gasteiger partial charge in [0.15, 0.2) is 0 Å². The molecule has 1 aromatic heterocycles. The summed E-state index contributed by atoms with van der Waals surface area (Å²) < 4.78 is 27.1. The van der Waals surface area contributed by atoms with Crippen molar-refractivity contribution in [2.24, 2.45) is 0 Å². The van der Waals surface area contributed by atoms with Crippen LogP contribution in [0, 0.1) is 0 Å². The summed E-state index contributed by atoms with van der Waals surface area (Å²) in [6.07, 6.45) is 3.31. The molecule has 1 N–H and O–H groups in total. The minimum absolute atomic E-state index is 0.370. The van der Waals surface area contributed by atoms with Gasteiger partial charge in [0.1, 0.15) is 9.96 Å². The van der Waals surface area contributed by atoms with Crippen molar-refractivity contribution in [1.29, 1.82) is 0 Å². The smallest absolute Gasteiger partial charge is 0.252 e. The second-order valence-corrected chi connectivity index (χ2v) is 9.83. The lowest BCUT2D eigenvalue weighted by Crippen LogP contribution is -2.48. The van der Waals surface area contributed by atoms with E-state index >= 15 is 0 Å². The lowest BCUT2D eigenvalue weighted by Gasteiger charge is -2.33. The number of aromatic hydroxyl groups is 1. The third kappa shape index (κ3) is 3.33. The zero-order chi connectivity index (χ0) is 17.4. The first-order valence-electron chi connectivity index (χ1n) is 8.64. The minimum atomic E-state index is -3.36. The predicted molar refractivity (Wildman–Crippen MR) is 98.5 cm³/mol. The molecule has 25 heavy (non-hydrogen) atoms. The summed E-state index contributed by atoms with van der Waals surface area (Å²) in [4.78, 5) is 2.22. The average molecular weight is 379 g/mol. The number of benzene rings is 1. The van der Waals surface area contributed by atoms with Crippen molar-refractivity contribution in [2.75, 3.05) is 26.2 Å². The number of phenols is 1. The molecule has 1 aliphatic heterocycles. The Morgan fingerprint density at radius 1 is 1.08 bits per heavy atom. The van der Waals surface area contributed by atoms with Crippen molar-refractivity contribution in [2.45, 2.75) is 30.0 Å². The number of aryl methyl sites for hydroxylation is 2. The molecule has 0 radical (unpaired) electrons.